The van der Waals surface area contributed by atoms with E-state index in [1.165, 1.54) is 5.56 Å². The number of fused-ring (bicyclic) bond motifs is 3. The predicted octanol–water partition coefficient (Wildman–Crippen LogP) is 6.21. The number of aromatic nitrogens is 1. The van der Waals surface area contributed by atoms with E-state index in [1.807, 2.05) is 48.5 Å². The number of ketones is 1. The van der Waals surface area contributed by atoms with Crippen molar-refractivity contribution in [1.82, 2.24) is 4.98 Å². The van der Waals surface area contributed by atoms with E-state index >= 15 is 0 Å². The minimum Gasteiger partial charge on any atom is -0.497 e. The van der Waals surface area contributed by atoms with Crippen LogP contribution in [0.1, 0.15) is 41.4 Å². The fourth-order valence-electron chi connectivity index (χ4n) is 5.62. The summed E-state index contributed by atoms with van der Waals surface area (Å²) in [4.78, 5) is 18.5. The van der Waals surface area contributed by atoms with Gasteiger partial charge in [-0.2, -0.15) is 0 Å². The number of pyridine rings is 1. The molecule has 1 aromatic heterocycles. The number of Topliss-reactive ketones (excluding diaryl/α,β-unsaturated/α-hetero) is 1. The molecule has 0 amide bonds. The molecular weight excluding hydrogens is 436 g/mol. The normalized spacial score (nSPS) is 19.1. The van der Waals surface area contributed by atoms with Gasteiger partial charge in [-0.15, -0.1) is 0 Å². The van der Waals surface area contributed by atoms with Crippen molar-refractivity contribution in [2.24, 2.45) is 0 Å². The maximum Gasteiger partial charge on any atom is 0.162 e. The zero-order chi connectivity index (χ0) is 23.9. The van der Waals surface area contributed by atoms with E-state index < -0.39 is 0 Å². The Morgan fingerprint density at radius 3 is 2.57 bits per heavy atom. The van der Waals surface area contributed by atoms with Crippen LogP contribution in [0.25, 0.3) is 10.9 Å². The number of ether oxygens (including phenoxy) is 2. The highest BCUT2D eigenvalue weighted by atomic mass is 16.5. The zero-order valence-electron chi connectivity index (χ0n) is 19.7. The van der Waals surface area contributed by atoms with Crippen molar-refractivity contribution in [3.8, 4) is 11.5 Å². The Morgan fingerprint density at radius 1 is 0.914 bits per heavy atom. The first-order valence-corrected chi connectivity index (χ1v) is 11.9. The predicted molar refractivity (Wildman–Crippen MR) is 137 cm³/mol. The third-order valence-corrected chi connectivity index (χ3v) is 7.22. The molecule has 0 fully saturated rings. The standard InChI is InChI=1S/C30H26N2O3/c1-34-20-10-13-27(35-2)22(17-20)29-28-21-9-6-14-31-23(21)11-12-24(28)32-25-15-19(16-26(33)30(25)29)18-7-4-3-5-8-18/h3-14,17,19,29,32H,15-16H2,1-2H3/t19-,29+/m1/s1. The highest BCUT2D eigenvalue weighted by molar-refractivity contribution is 6.04. The SMILES string of the molecule is COc1ccc(OC)c([C@@H]2C3=C(C[C@@H](c4ccccc4)CC3=O)Nc3ccc4ncccc4c32)c1. The molecule has 174 valence electrons. The Hall–Kier alpha value is -4.12. The maximum absolute atomic E-state index is 13.9. The lowest BCUT2D eigenvalue weighted by Gasteiger charge is -2.37. The molecular formula is C30H26N2O3. The first-order chi connectivity index (χ1) is 17.2. The van der Waals surface area contributed by atoms with Gasteiger partial charge in [0.25, 0.3) is 0 Å². The molecule has 2 atom stereocenters. The highest BCUT2D eigenvalue weighted by Gasteiger charge is 2.40. The van der Waals surface area contributed by atoms with Gasteiger partial charge in [0.2, 0.25) is 0 Å². The van der Waals surface area contributed by atoms with Gasteiger partial charge in [-0.1, -0.05) is 36.4 Å². The molecule has 0 saturated heterocycles. The molecule has 4 aromatic rings. The molecule has 0 radical (unpaired) electrons. The van der Waals surface area contributed by atoms with E-state index in [2.05, 4.69) is 34.6 Å². The number of nitrogens with one attached hydrogen (secondary N) is 1. The first kappa shape index (κ1) is 21.4. The fraction of sp³-hybridized carbons (Fsp3) is 0.200. The second kappa shape index (κ2) is 8.58. The van der Waals surface area contributed by atoms with Crippen molar-refractivity contribution >= 4 is 22.4 Å². The number of allylic oxidation sites excluding steroid dienone is 2. The molecule has 5 heteroatoms. The molecule has 1 aliphatic carbocycles. The third-order valence-electron chi connectivity index (χ3n) is 7.22. The van der Waals surface area contributed by atoms with E-state index in [-0.39, 0.29) is 17.6 Å². The molecule has 6 rings (SSSR count). The van der Waals surface area contributed by atoms with Gasteiger partial charge in [0.15, 0.2) is 5.78 Å². The minimum atomic E-state index is -0.288. The average Bonchev–Trinajstić information content (AvgIpc) is 2.91. The lowest BCUT2D eigenvalue weighted by atomic mass is 9.71. The van der Waals surface area contributed by atoms with Crippen LogP contribution in [-0.4, -0.2) is 25.0 Å². The summed E-state index contributed by atoms with van der Waals surface area (Å²) in [5.74, 6) is 1.48. The molecule has 1 aliphatic heterocycles. The molecule has 1 N–H and O–H groups in total. The number of carbonyl (C=O) groups is 1. The van der Waals surface area contributed by atoms with Gasteiger partial charge in [-0.05, 0) is 59.9 Å². The summed E-state index contributed by atoms with van der Waals surface area (Å²) in [5.41, 5.74) is 6.86. The van der Waals surface area contributed by atoms with Crippen LogP contribution in [0.5, 0.6) is 11.5 Å². The van der Waals surface area contributed by atoms with E-state index in [1.54, 1.807) is 20.4 Å². The third kappa shape index (κ3) is 3.55. The second-order valence-corrected chi connectivity index (χ2v) is 9.09. The number of methoxy groups -OCH3 is 2. The topological polar surface area (TPSA) is 60.5 Å². The van der Waals surface area contributed by atoms with E-state index in [0.29, 0.717) is 6.42 Å². The van der Waals surface area contributed by atoms with Crippen LogP contribution < -0.4 is 14.8 Å². The Morgan fingerprint density at radius 2 is 1.77 bits per heavy atom. The second-order valence-electron chi connectivity index (χ2n) is 9.09. The van der Waals surface area contributed by atoms with Crippen LogP contribution in [-0.2, 0) is 4.79 Å². The van der Waals surface area contributed by atoms with Gasteiger partial charge in [-0.25, -0.2) is 0 Å². The number of carbonyl (C=O) groups excluding carboxylic acids is 1. The average molecular weight is 463 g/mol. The van der Waals surface area contributed by atoms with Crippen molar-refractivity contribution in [2.45, 2.75) is 24.7 Å². The molecule has 2 heterocycles. The minimum absolute atomic E-state index is 0.145. The number of nitrogens with zero attached hydrogens (tertiary/aromatic N) is 1. The molecule has 0 saturated carbocycles. The van der Waals surface area contributed by atoms with Gasteiger partial charge < -0.3 is 14.8 Å². The summed E-state index contributed by atoms with van der Waals surface area (Å²) in [5, 5.41) is 4.67. The molecule has 2 aliphatic rings. The van der Waals surface area contributed by atoms with Crippen LogP contribution >= 0.6 is 0 Å². The van der Waals surface area contributed by atoms with Crippen LogP contribution in [0.4, 0.5) is 5.69 Å². The number of benzene rings is 3. The number of hydrogen-bond donors (Lipinski definition) is 1. The van der Waals surface area contributed by atoms with Gasteiger partial charge in [0, 0.05) is 46.4 Å². The lowest BCUT2D eigenvalue weighted by molar-refractivity contribution is -0.116. The Kier molecular flexibility index (Phi) is 5.25. The Balaban J connectivity index is 1.60. The first-order valence-electron chi connectivity index (χ1n) is 11.9. The molecule has 35 heavy (non-hydrogen) atoms. The number of rotatable bonds is 4. The van der Waals surface area contributed by atoms with E-state index in [9.17, 15) is 4.79 Å². The number of anilines is 1. The van der Waals surface area contributed by atoms with Crippen molar-refractivity contribution in [3.05, 3.63) is 107 Å². The summed E-state index contributed by atoms with van der Waals surface area (Å²) in [7, 11) is 3.32. The van der Waals surface area contributed by atoms with Crippen LogP contribution in [0.15, 0.2) is 90.3 Å². The van der Waals surface area contributed by atoms with Crippen LogP contribution in [0.2, 0.25) is 0 Å². The monoisotopic (exact) mass is 462 g/mol. The number of hydrogen-bond acceptors (Lipinski definition) is 5. The Labute approximate surface area is 204 Å². The van der Waals surface area contributed by atoms with Gasteiger partial charge in [-0.3, -0.25) is 9.78 Å². The van der Waals surface area contributed by atoms with Gasteiger partial charge in [0.1, 0.15) is 11.5 Å². The fourth-order valence-corrected chi connectivity index (χ4v) is 5.62. The Bertz CT molecular complexity index is 1480. The van der Waals surface area contributed by atoms with Crippen molar-refractivity contribution in [3.63, 3.8) is 0 Å². The van der Waals surface area contributed by atoms with Crippen LogP contribution in [0, 0.1) is 0 Å². The molecule has 5 nitrogen and oxygen atoms in total. The van der Waals surface area contributed by atoms with Gasteiger partial charge in [0.05, 0.1) is 19.7 Å². The smallest absolute Gasteiger partial charge is 0.162 e. The molecule has 0 spiro atoms. The summed E-state index contributed by atoms with van der Waals surface area (Å²) in [6, 6.07) is 24.2. The summed E-state index contributed by atoms with van der Waals surface area (Å²) in [6.45, 7) is 0. The van der Waals surface area contributed by atoms with E-state index in [4.69, 9.17) is 9.47 Å². The van der Waals surface area contributed by atoms with Crippen LogP contribution in [0.3, 0.4) is 0 Å². The molecule has 0 bridgehead atoms. The maximum atomic E-state index is 13.9. The summed E-state index contributed by atoms with van der Waals surface area (Å²) >= 11 is 0. The quantitative estimate of drug-likeness (QED) is 0.391. The summed E-state index contributed by atoms with van der Waals surface area (Å²) < 4.78 is 11.4. The van der Waals surface area contributed by atoms with Crippen molar-refractivity contribution < 1.29 is 14.3 Å². The van der Waals surface area contributed by atoms with Gasteiger partial charge >= 0.3 is 0 Å². The van der Waals surface area contributed by atoms with Crippen molar-refractivity contribution in [2.75, 3.05) is 19.5 Å². The largest absolute Gasteiger partial charge is 0.497 e. The lowest BCUT2D eigenvalue weighted by Crippen LogP contribution is -2.30. The van der Waals surface area contributed by atoms with Crippen molar-refractivity contribution in [1.29, 1.82) is 0 Å². The van der Waals surface area contributed by atoms with E-state index in [0.717, 1.165) is 56.9 Å². The highest BCUT2D eigenvalue weighted by Crippen LogP contribution is 2.52. The summed E-state index contributed by atoms with van der Waals surface area (Å²) in [6.07, 6.45) is 3.05. The molecule has 3 aromatic carbocycles. The molecule has 0 unspecified atom stereocenters. The zero-order valence-corrected chi connectivity index (χ0v) is 19.7.